The fourth-order valence-electron chi connectivity index (χ4n) is 2.77. The van der Waals surface area contributed by atoms with Gasteiger partial charge in [0.1, 0.15) is 6.10 Å². The second kappa shape index (κ2) is 3.32. The molecule has 0 amide bonds. The molecule has 2 rings (SSSR count). The molecule has 2 nitrogen and oxygen atoms in total. The van der Waals surface area contributed by atoms with Crippen molar-refractivity contribution in [1.82, 2.24) is 0 Å². The first-order chi connectivity index (χ1) is 6.43. The third kappa shape index (κ3) is 2.04. The van der Waals surface area contributed by atoms with Crippen LogP contribution < -0.4 is 0 Å². The summed E-state index contributed by atoms with van der Waals surface area (Å²) in [7, 11) is -1.43. The quantitative estimate of drug-likeness (QED) is 0.532. The molecule has 0 unspecified atom stereocenters. The third-order valence-electron chi connectivity index (χ3n) is 3.19. The van der Waals surface area contributed by atoms with Crippen LogP contribution in [0.2, 0.25) is 19.6 Å². The monoisotopic (exact) mass is 214 g/mol. The number of hydrogen-bond acceptors (Lipinski definition) is 2. The molecular weight excluding hydrogens is 192 g/mol. The molecule has 0 aromatic carbocycles. The topological polar surface area (TPSA) is 21.8 Å². The fraction of sp³-hybridized carbons (Fsp3) is 1.00. The van der Waals surface area contributed by atoms with E-state index in [1.54, 1.807) is 0 Å². The predicted molar refractivity (Wildman–Crippen MR) is 60.0 cm³/mol. The zero-order valence-electron chi connectivity index (χ0n) is 9.80. The molecule has 2 atom stereocenters. The molecule has 1 saturated heterocycles. The molecule has 2 fully saturated rings. The number of ether oxygens (including phenoxy) is 1. The Morgan fingerprint density at radius 1 is 1.21 bits per heavy atom. The second-order valence-corrected chi connectivity index (χ2v) is 10.2. The predicted octanol–water partition coefficient (Wildman–Crippen LogP) is 2.94. The average Bonchev–Trinajstić information content (AvgIpc) is 2.59. The van der Waals surface area contributed by atoms with Crippen molar-refractivity contribution in [2.45, 2.75) is 70.1 Å². The maximum absolute atomic E-state index is 6.39. The van der Waals surface area contributed by atoms with Gasteiger partial charge in [0, 0.05) is 0 Å². The summed E-state index contributed by atoms with van der Waals surface area (Å²) in [6.45, 7) is 9.00. The first kappa shape index (κ1) is 10.6. The van der Waals surface area contributed by atoms with Crippen LogP contribution in [0.25, 0.3) is 0 Å². The summed E-state index contributed by atoms with van der Waals surface area (Å²) in [6, 6.07) is 0. The molecule has 0 aromatic rings. The average molecular weight is 214 g/mol. The zero-order chi connectivity index (χ0) is 10.4. The Kier molecular flexibility index (Phi) is 2.53. The molecule has 3 heteroatoms. The lowest BCUT2D eigenvalue weighted by Gasteiger charge is -2.35. The summed E-state index contributed by atoms with van der Waals surface area (Å²) in [5.74, 6) is 0. The molecule has 0 aromatic heterocycles. The van der Waals surface area contributed by atoms with Gasteiger partial charge in [-0.1, -0.05) is 12.8 Å². The van der Waals surface area contributed by atoms with Crippen molar-refractivity contribution in [1.29, 1.82) is 0 Å². The van der Waals surface area contributed by atoms with Gasteiger partial charge in [0.15, 0.2) is 8.32 Å². The van der Waals surface area contributed by atoms with Gasteiger partial charge in [-0.3, -0.25) is 0 Å². The van der Waals surface area contributed by atoms with E-state index in [4.69, 9.17) is 9.16 Å². The van der Waals surface area contributed by atoms with Crippen molar-refractivity contribution in [2.24, 2.45) is 0 Å². The molecule has 82 valence electrons. The first-order valence-electron chi connectivity index (χ1n) is 5.79. The minimum atomic E-state index is -1.43. The Morgan fingerprint density at radius 3 is 2.07 bits per heavy atom. The van der Waals surface area contributed by atoms with Crippen LogP contribution in [0.15, 0.2) is 0 Å². The molecule has 2 aliphatic rings. The van der Waals surface area contributed by atoms with E-state index in [2.05, 4.69) is 26.6 Å². The maximum Gasteiger partial charge on any atom is 0.184 e. The Bertz CT molecular complexity index is 216. The largest absolute Gasteiger partial charge is 0.409 e. The van der Waals surface area contributed by atoms with Gasteiger partial charge in [-0.05, 0) is 39.4 Å². The summed E-state index contributed by atoms with van der Waals surface area (Å²) in [6.07, 6.45) is 5.90. The minimum Gasteiger partial charge on any atom is -0.409 e. The van der Waals surface area contributed by atoms with E-state index in [0.29, 0.717) is 12.2 Å². The fourth-order valence-corrected chi connectivity index (χ4v) is 4.31. The highest BCUT2D eigenvalue weighted by atomic mass is 28.4. The Hall–Kier alpha value is 0.137. The van der Waals surface area contributed by atoms with Gasteiger partial charge in [-0.25, -0.2) is 0 Å². The molecule has 1 heterocycles. The SMILES string of the molecule is C[C@@H]1O[C@@H]1C1(O[Si](C)(C)C)CCCC1. The summed E-state index contributed by atoms with van der Waals surface area (Å²) < 4.78 is 12.0. The van der Waals surface area contributed by atoms with Crippen molar-refractivity contribution in [2.75, 3.05) is 0 Å². The molecular formula is C11H22O2Si. The number of hydrogen-bond donors (Lipinski definition) is 0. The van der Waals surface area contributed by atoms with E-state index in [0.717, 1.165) is 0 Å². The van der Waals surface area contributed by atoms with Crippen LogP contribution in [0.1, 0.15) is 32.6 Å². The molecule has 1 aliphatic carbocycles. The first-order valence-corrected chi connectivity index (χ1v) is 9.19. The summed E-state index contributed by atoms with van der Waals surface area (Å²) in [4.78, 5) is 0. The Balaban J connectivity index is 2.07. The molecule has 0 N–H and O–H groups in total. The number of rotatable bonds is 3. The van der Waals surface area contributed by atoms with Crippen LogP contribution in [0.3, 0.4) is 0 Å². The molecule has 1 aliphatic heterocycles. The van der Waals surface area contributed by atoms with Gasteiger partial charge in [0.05, 0.1) is 11.7 Å². The molecule has 1 saturated carbocycles. The van der Waals surface area contributed by atoms with Crippen molar-refractivity contribution in [3.63, 3.8) is 0 Å². The van der Waals surface area contributed by atoms with Crippen LogP contribution in [0, 0.1) is 0 Å². The molecule has 0 bridgehead atoms. The van der Waals surface area contributed by atoms with Gasteiger partial charge < -0.3 is 9.16 Å². The van der Waals surface area contributed by atoms with E-state index >= 15 is 0 Å². The lowest BCUT2D eigenvalue weighted by molar-refractivity contribution is 0.0369. The highest BCUT2D eigenvalue weighted by molar-refractivity contribution is 6.69. The van der Waals surface area contributed by atoms with Crippen LogP contribution in [0.5, 0.6) is 0 Å². The summed E-state index contributed by atoms with van der Waals surface area (Å²) in [5, 5.41) is 0. The van der Waals surface area contributed by atoms with Crippen molar-refractivity contribution < 1.29 is 9.16 Å². The minimum absolute atomic E-state index is 0.101. The van der Waals surface area contributed by atoms with Gasteiger partial charge in [0.25, 0.3) is 0 Å². The Morgan fingerprint density at radius 2 is 1.71 bits per heavy atom. The molecule has 0 radical (unpaired) electrons. The molecule has 0 spiro atoms. The van der Waals surface area contributed by atoms with Crippen LogP contribution in [0.4, 0.5) is 0 Å². The van der Waals surface area contributed by atoms with E-state index in [9.17, 15) is 0 Å². The maximum atomic E-state index is 6.39. The molecule has 14 heavy (non-hydrogen) atoms. The third-order valence-corrected chi connectivity index (χ3v) is 4.21. The van der Waals surface area contributed by atoms with Crippen LogP contribution >= 0.6 is 0 Å². The summed E-state index contributed by atoms with van der Waals surface area (Å²) >= 11 is 0. The standard InChI is InChI=1S/C11H22O2Si/c1-9-10(12-9)11(7-5-6-8-11)13-14(2,3)4/h9-10H,5-8H2,1-4H3/t9-,10-/m0/s1. The zero-order valence-corrected chi connectivity index (χ0v) is 10.8. The highest BCUT2D eigenvalue weighted by Crippen LogP contribution is 2.46. The van der Waals surface area contributed by atoms with Crippen molar-refractivity contribution >= 4 is 8.32 Å². The van der Waals surface area contributed by atoms with Gasteiger partial charge in [0.2, 0.25) is 0 Å². The Labute approximate surface area is 88.1 Å². The van der Waals surface area contributed by atoms with Gasteiger partial charge in [-0.2, -0.15) is 0 Å². The smallest absolute Gasteiger partial charge is 0.184 e. The van der Waals surface area contributed by atoms with E-state index in [1.165, 1.54) is 25.7 Å². The van der Waals surface area contributed by atoms with E-state index in [-0.39, 0.29) is 5.60 Å². The van der Waals surface area contributed by atoms with Crippen LogP contribution in [-0.2, 0) is 9.16 Å². The lowest BCUT2D eigenvalue weighted by Crippen LogP contribution is -2.45. The highest BCUT2D eigenvalue weighted by Gasteiger charge is 2.55. The van der Waals surface area contributed by atoms with Crippen molar-refractivity contribution in [3.05, 3.63) is 0 Å². The second-order valence-electron chi connectivity index (χ2n) is 5.75. The normalized spacial score (nSPS) is 36.0. The number of epoxide rings is 1. The van der Waals surface area contributed by atoms with E-state index in [1.807, 2.05) is 0 Å². The van der Waals surface area contributed by atoms with Crippen molar-refractivity contribution in [3.8, 4) is 0 Å². The van der Waals surface area contributed by atoms with Crippen LogP contribution in [-0.4, -0.2) is 26.1 Å². The summed E-state index contributed by atoms with van der Waals surface area (Å²) in [5.41, 5.74) is 0.101. The van der Waals surface area contributed by atoms with Gasteiger partial charge in [-0.15, -0.1) is 0 Å². The lowest BCUT2D eigenvalue weighted by atomic mass is 9.96. The van der Waals surface area contributed by atoms with E-state index < -0.39 is 8.32 Å². The van der Waals surface area contributed by atoms with Gasteiger partial charge >= 0.3 is 0 Å².